The minimum atomic E-state index is -0.178. The lowest BCUT2D eigenvalue weighted by atomic mass is 10.0. The molecule has 0 bridgehead atoms. The van der Waals surface area contributed by atoms with Crippen LogP contribution in [-0.4, -0.2) is 0 Å². The quantitative estimate of drug-likeness (QED) is 0.737. The fourth-order valence-corrected chi connectivity index (χ4v) is 2.61. The van der Waals surface area contributed by atoms with Crippen molar-refractivity contribution in [2.24, 2.45) is 0 Å². The second-order valence-corrected chi connectivity index (χ2v) is 5.31. The Balaban J connectivity index is 1.74. The molecule has 0 radical (unpaired) electrons. The average molecular weight is 279 g/mol. The van der Waals surface area contributed by atoms with E-state index in [0.717, 1.165) is 17.7 Å². The van der Waals surface area contributed by atoms with Crippen LogP contribution in [0.2, 0.25) is 0 Å². The Morgan fingerprint density at radius 3 is 2.52 bits per heavy atom. The lowest BCUT2D eigenvalue weighted by Crippen LogP contribution is -2.14. The first-order valence-corrected chi connectivity index (χ1v) is 7.16. The number of rotatable bonds is 4. The van der Waals surface area contributed by atoms with Crippen molar-refractivity contribution in [1.82, 2.24) is 5.32 Å². The molecule has 0 saturated heterocycles. The van der Waals surface area contributed by atoms with Gasteiger partial charge in [-0.25, -0.2) is 4.39 Å². The second kappa shape index (κ2) is 6.06. The van der Waals surface area contributed by atoms with Crippen LogP contribution < -0.4 is 5.32 Å². The molecular formula is C19H18FN. The standard InChI is InChI=1S/C19H18FN/c1-14-9-10-18(20)11-17(14)13-21-12-16-7-4-6-15-5-2-3-8-19(15)16/h2-11,21H,12-13H2,1H3. The number of nitrogens with one attached hydrogen (secondary N) is 1. The van der Waals surface area contributed by atoms with Crippen molar-refractivity contribution in [3.05, 3.63) is 83.2 Å². The summed E-state index contributed by atoms with van der Waals surface area (Å²) in [4.78, 5) is 0. The summed E-state index contributed by atoms with van der Waals surface area (Å²) in [6.07, 6.45) is 0. The fourth-order valence-electron chi connectivity index (χ4n) is 2.61. The number of benzene rings is 3. The first kappa shape index (κ1) is 13.8. The predicted octanol–water partition coefficient (Wildman–Crippen LogP) is 4.58. The van der Waals surface area contributed by atoms with Gasteiger partial charge in [-0.15, -0.1) is 0 Å². The van der Waals surface area contributed by atoms with E-state index >= 15 is 0 Å². The first-order chi connectivity index (χ1) is 10.2. The van der Waals surface area contributed by atoms with E-state index in [1.54, 1.807) is 6.07 Å². The summed E-state index contributed by atoms with van der Waals surface area (Å²) in [6, 6.07) is 19.6. The summed E-state index contributed by atoms with van der Waals surface area (Å²) in [7, 11) is 0. The van der Waals surface area contributed by atoms with Crippen LogP contribution in [-0.2, 0) is 13.1 Å². The molecule has 0 amide bonds. The van der Waals surface area contributed by atoms with Crippen LogP contribution in [0.3, 0.4) is 0 Å². The van der Waals surface area contributed by atoms with Gasteiger partial charge in [0, 0.05) is 13.1 Å². The van der Waals surface area contributed by atoms with E-state index in [2.05, 4.69) is 47.8 Å². The fraction of sp³-hybridized carbons (Fsp3) is 0.158. The molecule has 1 N–H and O–H groups in total. The molecule has 0 heterocycles. The van der Waals surface area contributed by atoms with Crippen molar-refractivity contribution in [3.63, 3.8) is 0 Å². The van der Waals surface area contributed by atoms with E-state index in [0.29, 0.717) is 6.54 Å². The Morgan fingerprint density at radius 1 is 0.857 bits per heavy atom. The normalized spacial score (nSPS) is 11.0. The van der Waals surface area contributed by atoms with Gasteiger partial charge in [0.2, 0.25) is 0 Å². The van der Waals surface area contributed by atoms with Gasteiger partial charge >= 0.3 is 0 Å². The van der Waals surface area contributed by atoms with E-state index in [-0.39, 0.29) is 5.82 Å². The molecule has 3 aromatic carbocycles. The molecule has 0 fully saturated rings. The van der Waals surface area contributed by atoms with Crippen LogP contribution in [0.5, 0.6) is 0 Å². The molecule has 0 aliphatic carbocycles. The maximum Gasteiger partial charge on any atom is 0.123 e. The first-order valence-electron chi connectivity index (χ1n) is 7.16. The summed E-state index contributed by atoms with van der Waals surface area (Å²) < 4.78 is 13.3. The summed E-state index contributed by atoms with van der Waals surface area (Å²) in [5.74, 6) is -0.178. The molecule has 1 nitrogen and oxygen atoms in total. The maximum atomic E-state index is 13.3. The van der Waals surface area contributed by atoms with Crippen molar-refractivity contribution in [1.29, 1.82) is 0 Å². The van der Waals surface area contributed by atoms with Crippen LogP contribution in [0.25, 0.3) is 10.8 Å². The zero-order valence-electron chi connectivity index (χ0n) is 12.1. The highest BCUT2D eigenvalue weighted by Crippen LogP contribution is 2.18. The maximum absolute atomic E-state index is 13.3. The molecular weight excluding hydrogens is 261 g/mol. The van der Waals surface area contributed by atoms with Crippen molar-refractivity contribution in [3.8, 4) is 0 Å². The largest absolute Gasteiger partial charge is 0.309 e. The smallest absolute Gasteiger partial charge is 0.123 e. The van der Waals surface area contributed by atoms with Gasteiger partial charge in [0.15, 0.2) is 0 Å². The number of hydrogen-bond donors (Lipinski definition) is 1. The van der Waals surface area contributed by atoms with Gasteiger partial charge in [0.05, 0.1) is 0 Å². The molecule has 3 aromatic rings. The Hall–Kier alpha value is -2.19. The topological polar surface area (TPSA) is 12.0 Å². The highest BCUT2D eigenvalue weighted by Gasteiger charge is 2.02. The second-order valence-electron chi connectivity index (χ2n) is 5.31. The lowest BCUT2D eigenvalue weighted by Gasteiger charge is -2.10. The molecule has 0 aliphatic heterocycles. The summed E-state index contributed by atoms with van der Waals surface area (Å²) in [5.41, 5.74) is 3.39. The molecule has 0 aliphatic rings. The van der Waals surface area contributed by atoms with E-state index in [4.69, 9.17) is 0 Å². The Kier molecular flexibility index (Phi) is 3.98. The van der Waals surface area contributed by atoms with Crippen LogP contribution in [0.4, 0.5) is 4.39 Å². The van der Waals surface area contributed by atoms with Crippen molar-refractivity contribution >= 4 is 10.8 Å². The van der Waals surface area contributed by atoms with Gasteiger partial charge in [0.1, 0.15) is 5.82 Å². The van der Waals surface area contributed by atoms with Crippen molar-refractivity contribution < 1.29 is 4.39 Å². The SMILES string of the molecule is Cc1ccc(F)cc1CNCc1cccc2ccccc12. The van der Waals surface area contributed by atoms with Gasteiger partial charge in [0.25, 0.3) is 0 Å². The van der Waals surface area contributed by atoms with E-state index in [9.17, 15) is 4.39 Å². The zero-order valence-corrected chi connectivity index (χ0v) is 12.1. The molecule has 2 heteroatoms. The van der Waals surface area contributed by atoms with Gasteiger partial charge in [-0.05, 0) is 46.5 Å². The lowest BCUT2D eigenvalue weighted by molar-refractivity contribution is 0.619. The monoisotopic (exact) mass is 279 g/mol. The number of aryl methyl sites for hydroxylation is 1. The molecule has 0 aromatic heterocycles. The van der Waals surface area contributed by atoms with Gasteiger partial charge in [-0.3, -0.25) is 0 Å². The summed E-state index contributed by atoms with van der Waals surface area (Å²) >= 11 is 0. The molecule has 0 unspecified atom stereocenters. The molecule has 0 saturated carbocycles. The number of halogens is 1. The highest BCUT2D eigenvalue weighted by molar-refractivity contribution is 5.85. The zero-order chi connectivity index (χ0) is 14.7. The third kappa shape index (κ3) is 3.11. The average Bonchev–Trinajstić information content (AvgIpc) is 2.51. The van der Waals surface area contributed by atoms with E-state index < -0.39 is 0 Å². The predicted molar refractivity (Wildman–Crippen MR) is 85.6 cm³/mol. The molecule has 0 spiro atoms. The van der Waals surface area contributed by atoms with Crippen molar-refractivity contribution in [2.45, 2.75) is 20.0 Å². The Labute approximate surface area is 124 Å². The number of hydrogen-bond acceptors (Lipinski definition) is 1. The number of fused-ring (bicyclic) bond motifs is 1. The summed E-state index contributed by atoms with van der Waals surface area (Å²) in [6.45, 7) is 3.46. The van der Waals surface area contributed by atoms with Crippen molar-refractivity contribution in [2.75, 3.05) is 0 Å². The van der Waals surface area contributed by atoms with Gasteiger partial charge in [-0.2, -0.15) is 0 Å². The van der Waals surface area contributed by atoms with Crippen LogP contribution in [0.1, 0.15) is 16.7 Å². The highest BCUT2D eigenvalue weighted by atomic mass is 19.1. The van der Waals surface area contributed by atoms with Gasteiger partial charge in [-0.1, -0.05) is 48.5 Å². The van der Waals surface area contributed by atoms with E-state index in [1.807, 2.05) is 13.0 Å². The third-order valence-electron chi connectivity index (χ3n) is 3.82. The molecule has 3 rings (SSSR count). The van der Waals surface area contributed by atoms with Crippen LogP contribution in [0, 0.1) is 12.7 Å². The minimum Gasteiger partial charge on any atom is -0.309 e. The van der Waals surface area contributed by atoms with Crippen LogP contribution in [0.15, 0.2) is 60.7 Å². The Morgan fingerprint density at radius 2 is 1.62 bits per heavy atom. The minimum absolute atomic E-state index is 0.178. The van der Waals surface area contributed by atoms with Gasteiger partial charge < -0.3 is 5.32 Å². The Bertz CT molecular complexity index is 759. The van der Waals surface area contributed by atoms with E-state index in [1.165, 1.54) is 22.4 Å². The summed E-state index contributed by atoms with van der Waals surface area (Å²) in [5, 5.41) is 5.93. The molecule has 21 heavy (non-hydrogen) atoms. The molecule has 106 valence electrons. The third-order valence-corrected chi connectivity index (χ3v) is 3.82. The molecule has 0 atom stereocenters. The van der Waals surface area contributed by atoms with Crippen LogP contribution >= 0.6 is 0 Å².